The van der Waals surface area contributed by atoms with Gasteiger partial charge in [-0.2, -0.15) is 0 Å². The summed E-state index contributed by atoms with van der Waals surface area (Å²) in [5.74, 6) is -2.89. The predicted octanol–water partition coefficient (Wildman–Crippen LogP) is 2.81. The Labute approximate surface area is 131 Å². The third-order valence-electron chi connectivity index (χ3n) is 4.05. The van der Waals surface area contributed by atoms with Crippen LogP contribution < -0.4 is 5.32 Å². The molecule has 112 valence electrons. The minimum Gasteiger partial charge on any atom is -0.481 e. The average Bonchev–Trinajstić information content (AvgIpc) is 3.03. The highest BCUT2D eigenvalue weighted by Gasteiger charge is 2.55. The van der Waals surface area contributed by atoms with Crippen molar-refractivity contribution in [3.05, 3.63) is 28.2 Å². The van der Waals surface area contributed by atoms with Crippen LogP contribution in [0.4, 0.5) is 5.69 Å². The summed E-state index contributed by atoms with van der Waals surface area (Å²) < 4.78 is 5.57. The Balaban J connectivity index is 1.81. The number of amides is 1. The van der Waals surface area contributed by atoms with E-state index in [9.17, 15) is 14.7 Å². The molecule has 4 atom stereocenters. The largest absolute Gasteiger partial charge is 0.481 e. The third-order valence-corrected chi connectivity index (χ3v) is 4.61. The van der Waals surface area contributed by atoms with Gasteiger partial charge in [0.15, 0.2) is 0 Å². The van der Waals surface area contributed by atoms with E-state index in [4.69, 9.17) is 27.9 Å². The van der Waals surface area contributed by atoms with Gasteiger partial charge in [-0.25, -0.2) is 0 Å². The number of carboxylic acids is 1. The topological polar surface area (TPSA) is 75.6 Å². The van der Waals surface area contributed by atoms with Gasteiger partial charge in [0.1, 0.15) is 0 Å². The van der Waals surface area contributed by atoms with Crippen molar-refractivity contribution in [2.45, 2.75) is 25.0 Å². The van der Waals surface area contributed by atoms with Crippen LogP contribution >= 0.6 is 23.2 Å². The number of ether oxygens (including phenoxy) is 1. The minimum absolute atomic E-state index is 0.339. The Morgan fingerprint density at radius 2 is 1.86 bits per heavy atom. The molecule has 5 nitrogen and oxygen atoms in total. The number of hydrogen-bond acceptors (Lipinski definition) is 3. The fourth-order valence-corrected chi connectivity index (χ4v) is 3.47. The molecule has 1 aromatic rings. The maximum Gasteiger partial charge on any atom is 0.310 e. The van der Waals surface area contributed by atoms with E-state index in [1.807, 2.05) is 0 Å². The highest BCUT2D eigenvalue weighted by Crippen LogP contribution is 2.44. The molecule has 0 unspecified atom stereocenters. The molecular formula is C14H13Cl2NO4. The summed E-state index contributed by atoms with van der Waals surface area (Å²) in [4.78, 5) is 23.8. The van der Waals surface area contributed by atoms with E-state index in [1.165, 1.54) is 6.07 Å². The first-order valence-electron chi connectivity index (χ1n) is 6.61. The van der Waals surface area contributed by atoms with Gasteiger partial charge in [-0.1, -0.05) is 23.2 Å². The summed E-state index contributed by atoms with van der Waals surface area (Å²) in [5, 5.41) is 12.8. The zero-order valence-electron chi connectivity index (χ0n) is 10.9. The molecule has 0 aliphatic carbocycles. The number of anilines is 1. The van der Waals surface area contributed by atoms with Crippen LogP contribution in [0.2, 0.25) is 10.0 Å². The molecule has 2 aliphatic rings. The van der Waals surface area contributed by atoms with Gasteiger partial charge < -0.3 is 15.2 Å². The van der Waals surface area contributed by atoms with Crippen LogP contribution in [-0.4, -0.2) is 29.2 Å². The van der Waals surface area contributed by atoms with E-state index in [1.54, 1.807) is 12.1 Å². The minimum atomic E-state index is -1.00. The molecule has 1 aromatic carbocycles. The summed E-state index contributed by atoms with van der Waals surface area (Å²) >= 11 is 11.9. The quantitative estimate of drug-likeness (QED) is 0.894. The zero-order chi connectivity index (χ0) is 15.1. The first-order valence-corrected chi connectivity index (χ1v) is 7.37. The first kappa shape index (κ1) is 14.6. The van der Waals surface area contributed by atoms with Crippen molar-refractivity contribution in [1.82, 2.24) is 0 Å². The standard InChI is InChI=1S/C14H13Cl2NO4/c15-6-1-2-7(16)8(5-6)17-13(18)11-9-3-4-10(21-9)12(11)14(19)20/h1-2,5,9-12H,3-4H2,(H,17,18)(H,19,20)/t9-,10-,11-,12-/m1/s1. The van der Waals surface area contributed by atoms with Gasteiger partial charge in [0.25, 0.3) is 0 Å². The molecule has 2 bridgehead atoms. The van der Waals surface area contributed by atoms with Gasteiger partial charge >= 0.3 is 5.97 Å². The summed E-state index contributed by atoms with van der Waals surface area (Å²) in [6, 6.07) is 4.72. The summed E-state index contributed by atoms with van der Waals surface area (Å²) in [6.07, 6.45) is 0.672. The molecule has 2 saturated heterocycles. The SMILES string of the molecule is O=C(O)[C@H]1[C@H](C(=O)Nc2cc(Cl)ccc2Cl)[C@H]2CC[C@H]1O2. The van der Waals surface area contributed by atoms with Crippen molar-refractivity contribution in [3.8, 4) is 0 Å². The molecule has 2 heterocycles. The molecule has 2 N–H and O–H groups in total. The number of benzene rings is 1. The van der Waals surface area contributed by atoms with Gasteiger partial charge in [-0.3, -0.25) is 9.59 Å². The average molecular weight is 330 g/mol. The maximum atomic E-state index is 12.4. The van der Waals surface area contributed by atoms with Crippen LogP contribution in [-0.2, 0) is 14.3 Å². The van der Waals surface area contributed by atoms with Crippen LogP contribution in [0.15, 0.2) is 18.2 Å². The van der Waals surface area contributed by atoms with Crippen LogP contribution in [0.3, 0.4) is 0 Å². The second-order valence-corrected chi connectivity index (χ2v) is 6.14. The normalized spacial score (nSPS) is 30.4. The Hall–Kier alpha value is -1.30. The Bertz CT molecular complexity index is 607. The number of carbonyl (C=O) groups is 2. The number of halogens is 2. The summed E-state index contributed by atoms with van der Waals surface area (Å²) in [6.45, 7) is 0. The van der Waals surface area contributed by atoms with E-state index in [-0.39, 0.29) is 12.2 Å². The Morgan fingerprint density at radius 3 is 2.52 bits per heavy atom. The summed E-state index contributed by atoms with van der Waals surface area (Å²) in [7, 11) is 0. The smallest absolute Gasteiger partial charge is 0.310 e. The lowest BCUT2D eigenvalue weighted by atomic mass is 9.78. The second kappa shape index (κ2) is 5.48. The molecule has 2 aliphatic heterocycles. The van der Waals surface area contributed by atoms with Crippen LogP contribution in [0, 0.1) is 11.8 Å². The number of fused-ring (bicyclic) bond motifs is 2. The molecule has 3 rings (SSSR count). The molecular weight excluding hydrogens is 317 g/mol. The maximum absolute atomic E-state index is 12.4. The van der Waals surface area contributed by atoms with Crippen LogP contribution in [0.25, 0.3) is 0 Å². The third kappa shape index (κ3) is 2.61. The van der Waals surface area contributed by atoms with E-state index >= 15 is 0 Å². The lowest BCUT2D eigenvalue weighted by Gasteiger charge is -2.24. The molecule has 0 aromatic heterocycles. The van der Waals surface area contributed by atoms with E-state index < -0.39 is 23.7 Å². The van der Waals surface area contributed by atoms with Crippen molar-refractivity contribution in [2.24, 2.45) is 11.8 Å². The van der Waals surface area contributed by atoms with Crippen LogP contribution in [0.1, 0.15) is 12.8 Å². The zero-order valence-corrected chi connectivity index (χ0v) is 12.4. The van der Waals surface area contributed by atoms with Crippen molar-refractivity contribution in [2.75, 3.05) is 5.32 Å². The van der Waals surface area contributed by atoms with Gasteiger partial charge in [-0.05, 0) is 31.0 Å². The molecule has 0 radical (unpaired) electrons. The number of rotatable bonds is 3. The van der Waals surface area contributed by atoms with E-state index in [2.05, 4.69) is 5.32 Å². The van der Waals surface area contributed by atoms with Gasteiger partial charge in [-0.15, -0.1) is 0 Å². The number of aliphatic carboxylic acids is 1. The number of nitrogens with one attached hydrogen (secondary N) is 1. The molecule has 0 spiro atoms. The first-order chi connectivity index (χ1) is 9.97. The lowest BCUT2D eigenvalue weighted by Crippen LogP contribution is -2.41. The highest BCUT2D eigenvalue weighted by molar-refractivity contribution is 6.35. The molecule has 0 saturated carbocycles. The van der Waals surface area contributed by atoms with Crippen molar-refractivity contribution < 1.29 is 19.4 Å². The van der Waals surface area contributed by atoms with Crippen molar-refractivity contribution >= 4 is 40.8 Å². The summed E-state index contributed by atoms with van der Waals surface area (Å²) in [5.41, 5.74) is 0.376. The predicted molar refractivity (Wildman–Crippen MR) is 77.6 cm³/mol. The fourth-order valence-electron chi connectivity index (χ4n) is 3.13. The lowest BCUT2D eigenvalue weighted by molar-refractivity contribution is -0.147. The molecule has 1 amide bonds. The number of carbonyl (C=O) groups excluding carboxylic acids is 1. The van der Waals surface area contributed by atoms with E-state index in [0.29, 0.717) is 28.6 Å². The fraction of sp³-hybridized carbons (Fsp3) is 0.429. The van der Waals surface area contributed by atoms with Crippen LogP contribution in [0.5, 0.6) is 0 Å². The van der Waals surface area contributed by atoms with Crippen molar-refractivity contribution in [1.29, 1.82) is 0 Å². The molecule has 21 heavy (non-hydrogen) atoms. The van der Waals surface area contributed by atoms with Gasteiger partial charge in [0.2, 0.25) is 5.91 Å². The Morgan fingerprint density at radius 1 is 1.19 bits per heavy atom. The van der Waals surface area contributed by atoms with E-state index in [0.717, 1.165) is 0 Å². The Kier molecular flexibility index (Phi) is 3.82. The van der Waals surface area contributed by atoms with Gasteiger partial charge in [0, 0.05) is 5.02 Å². The molecule has 7 heteroatoms. The van der Waals surface area contributed by atoms with Crippen molar-refractivity contribution in [3.63, 3.8) is 0 Å². The second-order valence-electron chi connectivity index (χ2n) is 5.29. The monoisotopic (exact) mass is 329 g/mol. The molecule has 2 fully saturated rings. The number of hydrogen-bond donors (Lipinski definition) is 2. The van der Waals surface area contributed by atoms with Gasteiger partial charge in [0.05, 0.1) is 34.8 Å². The highest BCUT2D eigenvalue weighted by atomic mass is 35.5. The number of carboxylic acid groups (broad SMARTS) is 1.